The summed E-state index contributed by atoms with van der Waals surface area (Å²) in [6.45, 7) is 6.03. The number of urea groups is 1. The Balaban J connectivity index is 2.84. The van der Waals surface area contributed by atoms with Gasteiger partial charge in [0.1, 0.15) is 5.75 Å². The molecule has 6 heteroatoms. The second kappa shape index (κ2) is 8.12. The lowest BCUT2D eigenvalue weighted by molar-refractivity contribution is 0.173. The minimum Gasteiger partial charge on any atom is -0.489 e. The molecule has 0 unspecified atom stereocenters. The molecule has 0 aliphatic rings. The fourth-order valence-electron chi connectivity index (χ4n) is 1.73. The Morgan fingerprint density at radius 3 is 2.67 bits per heavy atom. The minimum atomic E-state index is -0.372. The molecule has 0 aliphatic heterocycles. The Kier molecular flexibility index (Phi) is 6.50. The summed E-state index contributed by atoms with van der Waals surface area (Å²) in [5.74, 6) is 0.526. The SMILES string of the molecule is COC[C@H](C)NC(=O)Nc1cc(C#N)ccc1OC(C)C. The summed E-state index contributed by atoms with van der Waals surface area (Å²) in [5.41, 5.74) is 0.913. The number of rotatable bonds is 6. The normalized spacial score (nSPS) is 11.6. The number of ether oxygens (including phenoxy) is 2. The predicted molar refractivity (Wildman–Crippen MR) is 80.4 cm³/mol. The number of hydrogen-bond donors (Lipinski definition) is 2. The van der Waals surface area contributed by atoms with Gasteiger partial charge < -0.3 is 20.1 Å². The van der Waals surface area contributed by atoms with Gasteiger partial charge in [-0.3, -0.25) is 0 Å². The molecular weight excluding hydrogens is 270 g/mol. The molecule has 0 spiro atoms. The molecule has 0 aliphatic carbocycles. The molecule has 0 radical (unpaired) electrons. The molecular formula is C15H21N3O3. The van der Waals surface area contributed by atoms with Gasteiger partial charge in [-0.2, -0.15) is 5.26 Å². The highest BCUT2D eigenvalue weighted by Crippen LogP contribution is 2.26. The summed E-state index contributed by atoms with van der Waals surface area (Å²) in [5, 5.41) is 14.4. The van der Waals surface area contributed by atoms with Gasteiger partial charge in [0.15, 0.2) is 0 Å². The van der Waals surface area contributed by atoms with Crippen LogP contribution in [-0.2, 0) is 4.74 Å². The number of carbonyl (C=O) groups excluding carboxylic acids is 1. The van der Waals surface area contributed by atoms with Crippen molar-refractivity contribution >= 4 is 11.7 Å². The number of amides is 2. The number of hydrogen-bond acceptors (Lipinski definition) is 4. The molecule has 6 nitrogen and oxygen atoms in total. The van der Waals surface area contributed by atoms with Gasteiger partial charge in [-0.15, -0.1) is 0 Å². The first-order valence-electron chi connectivity index (χ1n) is 6.73. The molecule has 1 aromatic rings. The summed E-state index contributed by atoms with van der Waals surface area (Å²) >= 11 is 0. The second-order valence-corrected chi connectivity index (χ2v) is 4.94. The number of anilines is 1. The van der Waals surface area contributed by atoms with Gasteiger partial charge >= 0.3 is 6.03 Å². The first-order chi connectivity index (χ1) is 9.96. The number of nitrogens with zero attached hydrogens (tertiary/aromatic N) is 1. The molecule has 114 valence electrons. The van der Waals surface area contributed by atoms with E-state index in [0.717, 1.165) is 0 Å². The number of carbonyl (C=O) groups is 1. The van der Waals surface area contributed by atoms with Crippen LogP contribution in [0.5, 0.6) is 5.75 Å². The lowest BCUT2D eigenvalue weighted by Gasteiger charge is -2.17. The average molecular weight is 291 g/mol. The van der Waals surface area contributed by atoms with Gasteiger partial charge in [-0.05, 0) is 39.0 Å². The summed E-state index contributed by atoms with van der Waals surface area (Å²) in [6.07, 6.45) is -0.0334. The second-order valence-electron chi connectivity index (χ2n) is 4.94. The Morgan fingerprint density at radius 2 is 2.10 bits per heavy atom. The van der Waals surface area contributed by atoms with Gasteiger partial charge in [0.05, 0.1) is 36.1 Å². The summed E-state index contributed by atoms with van der Waals surface area (Å²) in [7, 11) is 1.57. The molecule has 1 rings (SSSR count). The van der Waals surface area contributed by atoms with Crippen molar-refractivity contribution in [3.8, 4) is 11.8 Å². The molecule has 0 saturated heterocycles. The third-order valence-corrected chi connectivity index (χ3v) is 2.51. The van der Waals surface area contributed by atoms with Crippen LogP contribution >= 0.6 is 0 Å². The van der Waals surface area contributed by atoms with E-state index >= 15 is 0 Å². The van der Waals surface area contributed by atoms with Crippen LogP contribution < -0.4 is 15.4 Å². The van der Waals surface area contributed by atoms with E-state index in [1.165, 1.54) is 0 Å². The molecule has 0 aromatic heterocycles. The van der Waals surface area contributed by atoms with Crippen LogP contribution in [0, 0.1) is 11.3 Å². The predicted octanol–water partition coefficient (Wildman–Crippen LogP) is 2.50. The van der Waals surface area contributed by atoms with Crippen molar-refractivity contribution in [1.29, 1.82) is 5.26 Å². The van der Waals surface area contributed by atoms with Crippen LogP contribution in [0.3, 0.4) is 0 Å². The smallest absolute Gasteiger partial charge is 0.319 e. The van der Waals surface area contributed by atoms with Gasteiger partial charge in [-0.25, -0.2) is 4.79 Å². The van der Waals surface area contributed by atoms with Crippen molar-refractivity contribution < 1.29 is 14.3 Å². The van der Waals surface area contributed by atoms with Crippen LogP contribution in [0.4, 0.5) is 10.5 Å². The van der Waals surface area contributed by atoms with Crippen molar-refractivity contribution in [2.24, 2.45) is 0 Å². The molecule has 0 heterocycles. The first kappa shape index (κ1) is 16.8. The third kappa shape index (κ3) is 5.71. The van der Waals surface area contributed by atoms with Crippen LogP contribution in [0.1, 0.15) is 26.3 Å². The van der Waals surface area contributed by atoms with Gasteiger partial charge in [0, 0.05) is 7.11 Å². The van der Waals surface area contributed by atoms with Gasteiger partial charge in [0.2, 0.25) is 0 Å². The van der Waals surface area contributed by atoms with Gasteiger partial charge in [0.25, 0.3) is 0 Å². The maximum absolute atomic E-state index is 11.9. The highest BCUT2D eigenvalue weighted by molar-refractivity contribution is 5.91. The molecule has 0 bridgehead atoms. The summed E-state index contributed by atoms with van der Waals surface area (Å²) in [6, 6.07) is 6.44. The lowest BCUT2D eigenvalue weighted by Crippen LogP contribution is -2.38. The summed E-state index contributed by atoms with van der Waals surface area (Å²) in [4.78, 5) is 11.9. The lowest BCUT2D eigenvalue weighted by atomic mass is 10.2. The van der Waals surface area contributed by atoms with Crippen molar-refractivity contribution in [3.05, 3.63) is 23.8 Å². The Hall–Kier alpha value is -2.26. The molecule has 2 N–H and O–H groups in total. The van der Waals surface area contributed by atoms with Crippen LogP contribution in [-0.4, -0.2) is 31.9 Å². The van der Waals surface area contributed by atoms with Crippen LogP contribution in [0.2, 0.25) is 0 Å². The van der Waals surface area contributed by atoms with E-state index in [0.29, 0.717) is 23.6 Å². The Bertz CT molecular complexity index is 523. The maximum atomic E-state index is 11.9. The van der Waals surface area contributed by atoms with Crippen molar-refractivity contribution in [1.82, 2.24) is 5.32 Å². The number of nitrogens with one attached hydrogen (secondary N) is 2. The van der Waals surface area contributed by atoms with Crippen molar-refractivity contribution in [2.45, 2.75) is 32.9 Å². The molecule has 21 heavy (non-hydrogen) atoms. The van der Waals surface area contributed by atoms with Crippen LogP contribution in [0.25, 0.3) is 0 Å². The number of methoxy groups -OCH3 is 1. The van der Waals surface area contributed by atoms with Gasteiger partial charge in [-0.1, -0.05) is 0 Å². The first-order valence-corrected chi connectivity index (χ1v) is 6.73. The van der Waals surface area contributed by atoms with E-state index < -0.39 is 0 Å². The monoisotopic (exact) mass is 291 g/mol. The largest absolute Gasteiger partial charge is 0.489 e. The Morgan fingerprint density at radius 1 is 1.38 bits per heavy atom. The number of nitriles is 1. The van der Waals surface area contributed by atoms with E-state index in [2.05, 4.69) is 10.6 Å². The zero-order valence-electron chi connectivity index (χ0n) is 12.8. The van der Waals surface area contributed by atoms with E-state index in [9.17, 15) is 4.79 Å². The maximum Gasteiger partial charge on any atom is 0.319 e. The standard InChI is InChI=1S/C15H21N3O3/c1-10(2)21-14-6-5-12(8-16)7-13(14)18-15(19)17-11(3)9-20-4/h5-7,10-11H,9H2,1-4H3,(H2,17,18,19)/t11-/m0/s1. The zero-order valence-corrected chi connectivity index (χ0v) is 12.8. The van der Waals surface area contributed by atoms with Crippen molar-refractivity contribution in [2.75, 3.05) is 19.0 Å². The van der Waals surface area contributed by atoms with E-state index in [-0.39, 0.29) is 18.2 Å². The van der Waals surface area contributed by atoms with E-state index in [1.54, 1.807) is 25.3 Å². The average Bonchev–Trinajstić information content (AvgIpc) is 2.40. The van der Waals surface area contributed by atoms with Crippen molar-refractivity contribution in [3.63, 3.8) is 0 Å². The minimum absolute atomic E-state index is 0.0334. The quantitative estimate of drug-likeness (QED) is 0.843. The Labute approximate surface area is 125 Å². The highest BCUT2D eigenvalue weighted by Gasteiger charge is 2.12. The molecule has 2 amide bonds. The topological polar surface area (TPSA) is 83.4 Å². The molecule has 1 atom stereocenters. The fourth-order valence-corrected chi connectivity index (χ4v) is 1.73. The fraction of sp³-hybridized carbons (Fsp3) is 0.467. The highest BCUT2D eigenvalue weighted by atomic mass is 16.5. The van der Waals surface area contributed by atoms with E-state index in [4.69, 9.17) is 14.7 Å². The third-order valence-electron chi connectivity index (χ3n) is 2.51. The van der Waals surface area contributed by atoms with Crippen LogP contribution in [0.15, 0.2) is 18.2 Å². The molecule has 1 aromatic carbocycles. The van der Waals surface area contributed by atoms with E-state index in [1.807, 2.05) is 26.8 Å². The molecule has 0 saturated carbocycles. The molecule has 0 fully saturated rings. The zero-order chi connectivity index (χ0) is 15.8. The summed E-state index contributed by atoms with van der Waals surface area (Å²) < 4.78 is 10.6. The number of benzene rings is 1.